The van der Waals surface area contributed by atoms with Gasteiger partial charge in [-0.2, -0.15) is 0 Å². The molecule has 1 amide bonds. The summed E-state index contributed by atoms with van der Waals surface area (Å²) in [7, 11) is 3.75. The Bertz CT molecular complexity index is 801. The zero-order valence-corrected chi connectivity index (χ0v) is 18.1. The molecule has 1 N–H and O–H groups in total. The summed E-state index contributed by atoms with van der Waals surface area (Å²) in [4.78, 5) is 14.9. The van der Waals surface area contributed by atoms with Crippen LogP contribution in [0.5, 0.6) is 17.2 Å². The lowest BCUT2D eigenvalue weighted by Gasteiger charge is -2.29. The number of methoxy groups -OCH3 is 1. The average Bonchev–Trinajstić information content (AvgIpc) is 2.78. The fourth-order valence-electron chi connectivity index (χ4n) is 3.45. The number of amides is 1. The van der Waals surface area contributed by atoms with Gasteiger partial charge in [0.05, 0.1) is 7.11 Å². The Morgan fingerprint density at radius 2 is 1.80 bits per heavy atom. The van der Waals surface area contributed by atoms with Crippen LogP contribution in [-0.4, -0.2) is 50.3 Å². The van der Waals surface area contributed by atoms with Gasteiger partial charge in [0.25, 0.3) is 5.91 Å². The van der Waals surface area contributed by atoms with E-state index in [0.717, 1.165) is 37.2 Å². The molecule has 1 atom stereocenters. The Labute approximate surface area is 179 Å². The number of nitrogens with zero attached hydrogens (tertiary/aromatic N) is 1. The van der Waals surface area contributed by atoms with Crippen LogP contribution in [0.1, 0.15) is 31.7 Å². The molecule has 1 saturated heterocycles. The molecule has 162 valence electrons. The van der Waals surface area contributed by atoms with Gasteiger partial charge in [0.1, 0.15) is 23.4 Å². The largest absolute Gasteiger partial charge is 0.497 e. The van der Waals surface area contributed by atoms with Crippen molar-refractivity contribution in [3.8, 4) is 17.2 Å². The molecule has 1 heterocycles. The van der Waals surface area contributed by atoms with E-state index in [4.69, 9.17) is 14.2 Å². The second-order valence-corrected chi connectivity index (χ2v) is 7.68. The monoisotopic (exact) mass is 412 g/mol. The summed E-state index contributed by atoms with van der Waals surface area (Å²) in [5.41, 5.74) is 1.02. The molecule has 1 aliphatic heterocycles. The summed E-state index contributed by atoms with van der Waals surface area (Å²) in [6.07, 6.45) is 2.42. The molecule has 2 aromatic carbocycles. The third-order valence-electron chi connectivity index (χ3n) is 5.34. The van der Waals surface area contributed by atoms with Crippen LogP contribution in [0, 0.1) is 0 Å². The van der Waals surface area contributed by atoms with Crippen LogP contribution >= 0.6 is 0 Å². The van der Waals surface area contributed by atoms with Crippen molar-refractivity contribution in [3.63, 3.8) is 0 Å². The molecule has 6 heteroatoms. The smallest absolute Gasteiger partial charge is 0.261 e. The number of benzene rings is 2. The highest BCUT2D eigenvalue weighted by Crippen LogP contribution is 2.21. The van der Waals surface area contributed by atoms with Crippen molar-refractivity contribution >= 4 is 5.91 Å². The van der Waals surface area contributed by atoms with E-state index in [1.165, 1.54) is 0 Å². The molecule has 0 bridgehead atoms. The maximum atomic E-state index is 12.6. The Morgan fingerprint density at radius 3 is 2.47 bits per heavy atom. The number of likely N-dealkylation sites (tertiary alicyclic amines) is 1. The number of piperidine rings is 1. The lowest BCUT2D eigenvalue weighted by atomic mass is 10.1. The molecule has 2 aromatic rings. The first-order valence-corrected chi connectivity index (χ1v) is 10.6. The standard InChI is InChI=1S/C24H32N2O4/c1-4-23(30-22-7-5-6-21(16-22)28-3)24(27)25-17-18-8-10-19(11-9-18)29-20-12-14-26(2)15-13-20/h5-11,16,20,23H,4,12-15,17H2,1-3H3,(H,25,27). The van der Waals surface area contributed by atoms with Crippen LogP contribution in [0.2, 0.25) is 0 Å². The molecule has 30 heavy (non-hydrogen) atoms. The van der Waals surface area contributed by atoms with Crippen molar-refractivity contribution < 1.29 is 19.0 Å². The number of rotatable bonds is 9. The molecule has 0 aliphatic carbocycles. The van der Waals surface area contributed by atoms with Gasteiger partial charge in [-0.1, -0.05) is 25.1 Å². The Kier molecular flexibility index (Phi) is 7.97. The molecule has 3 rings (SSSR count). The molecular weight excluding hydrogens is 380 g/mol. The zero-order chi connectivity index (χ0) is 21.3. The quantitative estimate of drug-likeness (QED) is 0.681. The van der Waals surface area contributed by atoms with Crippen LogP contribution in [0.15, 0.2) is 48.5 Å². The summed E-state index contributed by atoms with van der Waals surface area (Å²) >= 11 is 0. The zero-order valence-electron chi connectivity index (χ0n) is 18.1. The first kappa shape index (κ1) is 22.0. The fourth-order valence-corrected chi connectivity index (χ4v) is 3.45. The molecule has 0 saturated carbocycles. The molecule has 0 radical (unpaired) electrons. The highest BCUT2D eigenvalue weighted by atomic mass is 16.5. The maximum absolute atomic E-state index is 12.6. The Balaban J connectivity index is 1.48. The first-order valence-electron chi connectivity index (χ1n) is 10.6. The molecular formula is C24H32N2O4. The summed E-state index contributed by atoms with van der Waals surface area (Å²) in [6.45, 7) is 4.53. The van der Waals surface area contributed by atoms with E-state index in [1.807, 2.05) is 49.4 Å². The highest BCUT2D eigenvalue weighted by molar-refractivity contribution is 5.81. The van der Waals surface area contributed by atoms with E-state index in [0.29, 0.717) is 24.5 Å². The topological polar surface area (TPSA) is 60.0 Å². The maximum Gasteiger partial charge on any atom is 0.261 e. The van der Waals surface area contributed by atoms with Crippen LogP contribution in [0.25, 0.3) is 0 Å². The van der Waals surface area contributed by atoms with E-state index >= 15 is 0 Å². The normalized spacial score (nSPS) is 16.0. The van der Waals surface area contributed by atoms with Gasteiger partial charge in [0.2, 0.25) is 0 Å². The van der Waals surface area contributed by atoms with Gasteiger partial charge >= 0.3 is 0 Å². The molecule has 0 spiro atoms. The van der Waals surface area contributed by atoms with Crippen molar-refractivity contribution in [2.75, 3.05) is 27.2 Å². The minimum absolute atomic E-state index is 0.132. The third kappa shape index (κ3) is 6.39. The van der Waals surface area contributed by atoms with Crippen molar-refractivity contribution in [2.45, 2.75) is 44.9 Å². The summed E-state index contributed by atoms with van der Waals surface area (Å²) in [5, 5.41) is 2.96. The number of hydrogen-bond acceptors (Lipinski definition) is 5. The van der Waals surface area contributed by atoms with Crippen molar-refractivity contribution in [3.05, 3.63) is 54.1 Å². The number of nitrogens with one attached hydrogen (secondary N) is 1. The van der Waals surface area contributed by atoms with Gasteiger partial charge in [-0.25, -0.2) is 0 Å². The second kappa shape index (κ2) is 10.9. The summed E-state index contributed by atoms with van der Waals surface area (Å²) < 4.78 is 17.1. The van der Waals surface area contributed by atoms with Crippen molar-refractivity contribution in [1.82, 2.24) is 10.2 Å². The molecule has 1 fully saturated rings. The molecule has 1 aliphatic rings. The van der Waals surface area contributed by atoms with Gasteiger partial charge in [-0.05, 0) is 56.1 Å². The lowest BCUT2D eigenvalue weighted by Crippen LogP contribution is -2.37. The van der Waals surface area contributed by atoms with E-state index in [-0.39, 0.29) is 12.0 Å². The van der Waals surface area contributed by atoms with Gasteiger partial charge in [0.15, 0.2) is 6.10 Å². The van der Waals surface area contributed by atoms with Gasteiger partial charge < -0.3 is 24.4 Å². The number of carbonyl (C=O) groups is 1. The number of carbonyl (C=O) groups excluding carboxylic acids is 1. The van der Waals surface area contributed by atoms with Gasteiger partial charge in [0, 0.05) is 25.7 Å². The molecule has 1 unspecified atom stereocenters. The van der Waals surface area contributed by atoms with E-state index in [9.17, 15) is 4.79 Å². The second-order valence-electron chi connectivity index (χ2n) is 7.68. The lowest BCUT2D eigenvalue weighted by molar-refractivity contribution is -0.128. The Hall–Kier alpha value is -2.73. The third-order valence-corrected chi connectivity index (χ3v) is 5.34. The minimum atomic E-state index is -0.552. The predicted molar refractivity (Wildman–Crippen MR) is 117 cm³/mol. The van der Waals surface area contributed by atoms with E-state index < -0.39 is 6.10 Å². The van der Waals surface area contributed by atoms with Crippen LogP contribution < -0.4 is 19.5 Å². The van der Waals surface area contributed by atoms with Crippen LogP contribution in [0.4, 0.5) is 0 Å². The molecule has 0 aromatic heterocycles. The average molecular weight is 413 g/mol. The number of hydrogen-bond donors (Lipinski definition) is 1. The SMILES string of the molecule is CCC(Oc1cccc(OC)c1)C(=O)NCc1ccc(OC2CCN(C)CC2)cc1. The minimum Gasteiger partial charge on any atom is -0.497 e. The van der Waals surface area contributed by atoms with Crippen LogP contribution in [0.3, 0.4) is 0 Å². The first-order chi connectivity index (χ1) is 14.6. The van der Waals surface area contributed by atoms with Crippen molar-refractivity contribution in [2.24, 2.45) is 0 Å². The Morgan fingerprint density at radius 1 is 1.10 bits per heavy atom. The van der Waals surface area contributed by atoms with E-state index in [2.05, 4.69) is 17.3 Å². The summed E-state index contributed by atoms with van der Waals surface area (Å²) in [5.74, 6) is 2.07. The highest BCUT2D eigenvalue weighted by Gasteiger charge is 2.19. The predicted octanol–water partition coefficient (Wildman–Crippen LogP) is 3.64. The van der Waals surface area contributed by atoms with Crippen molar-refractivity contribution in [1.29, 1.82) is 0 Å². The fraction of sp³-hybridized carbons (Fsp3) is 0.458. The number of ether oxygens (including phenoxy) is 3. The van der Waals surface area contributed by atoms with Crippen LogP contribution in [-0.2, 0) is 11.3 Å². The molecule has 6 nitrogen and oxygen atoms in total. The van der Waals surface area contributed by atoms with Gasteiger partial charge in [-0.3, -0.25) is 4.79 Å². The summed E-state index contributed by atoms with van der Waals surface area (Å²) in [6, 6.07) is 15.2. The van der Waals surface area contributed by atoms with Gasteiger partial charge in [-0.15, -0.1) is 0 Å². The van der Waals surface area contributed by atoms with E-state index in [1.54, 1.807) is 13.2 Å².